The molecule has 0 spiro atoms. The van der Waals surface area contributed by atoms with Gasteiger partial charge in [-0.2, -0.15) is 5.26 Å². The molecule has 0 aromatic heterocycles. The van der Waals surface area contributed by atoms with Crippen molar-refractivity contribution in [3.8, 4) is 6.07 Å². The molecule has 19 heavy (non-hydrogen) atoms. The van der Waals surface area contributed by atoms with Gasteiger partial charge in [-0.05, 0) is 62.6 Å². The van der Waals surface area contributed by atoms with Gasteiger partial charge >= 0.3 is 0 Å². The van der Waals surface area contributed by atoms with Crippen LogP contribution in [0.3, 0.4) is 0 Å². The van der Waals surface area contributed by atoms with Crippen molar-refractivity contribution in [3.05, 3.63) is 47.0 Å². The fraction of sp³-hybridized carbons (Fsp3) is 0.500. The highest BCUT2D eigenvalue weighted by Gasteiger charge is 2.16. The summed E-state index contributed by atoms with van der Waals surface area (Å²) in [6, 6.07) is 8.43. The average molecular weight is 255 g/mol. The van der Waals surface area contributed by atoms with E-state index in [4.69, 9.17) is 0 Å². The number of benzene rings is 1. The molecule has 0 aliphatic rings. The van der Waals surface area contributed by atoms with E-state index in [1.807, 2.05) is 12.1 Å². The lowest BCUT2D eigenvalue weighted by Gasteiger charge is -2.20. The monoisotopic (exact) mass is 255 g/mol. The van der Waals surface area contributed by atoms with Crippen LogP contribution in [-0.2, 0) is 0 Å². The van der Waals surface area contributed by atoms with Crippen LogP contribution in [0.4, 0.5) is 0 Å². The van der Waals surface area contributed by atoms with Gasteiger partial charge in [0.2, 0.25) is 0 Å². The van der Waals surface area contributed by atoms with E-state index in [2.05, 4.69) is 45.1 Å². The van der Waals surface area contributed by atoms with Crippen molar-refractivity contribution in [2.45, 2.75) is 58.8 Å². The first-order valence-corrected chi connectivity index (χ1v) is 7.35. The normalized spacial score (nSPS) is 12.5. The topological polar surface area (TPSA) is 23.8 Å². The Bertz CT molecular complexity index is 451. The number of rotatable bonds is 7. The quantitative estimate of drug-likeness (QED) is 0.466. The summed E-state index contributed by atoms with van der Waals surface area (Å²) in [6.07, 6.45) is 10.2. The third kappa shape index (κ3) is 4.56. The van der Waals surface area contributed by atoms with E-state index in [0.717, 1.165) is 12.0 Å². The lowest BCUT2D eigenvalue weighted by atomic mass is 9.84. The number of unbranched alkanes of at least 4 members (excludes halogenated alkanes) is 1. The second-order valence-electron chi connectivity index (χ2n) is 5.13. The van der Waals surface area contributed by atoms with Crippen LogP contribution in [0.5, 0.6) is 0 Å². The smallest absolute Gasteiger partial charge is 0.0994 e. The van der Waals surface area contributed by atoms with Crippen molar-refractivity contribution in [2.24, 2.45) is 0 Å². The standard InChI is InChI=1S/C18H25N/c1-4-6-7-8-12-16(10-5-2)18-15(3)11-9-13-17(18)14-19/h4,6,9,11,13,16H,5,7-8,10,12H2,1-3H3/b6-4+. The van der Waals surface area contributed by atoms with E-state index in [9.17, 15) is 5.26 Å². The molecule has 1 rings (SSSR count). The Morgan fingerprint density at radius 2 is 2.11 bits per heavy atom. The summed E-state index contributed by atoms with van der Waals surface area (Å²) < 4.78 is 0. The number of allylic oxidation sites excluding steroid dienone is 2. The molecular weight excluding hydrogens is 230 g/mol. The zero-order valence-corrected chi connectivity index (χ0v) is 12.4. The maximum Gasteiger partial charge on any atom is 0.0994 e. The highest BCUT2D eigenvalue weighted by molar-refractivity contribution is 5.44. The summed E-state index contributed by atoms with van der Waals surface area (Å²) in [6.45, 7) is 6.42. The van der Waals surface area contributed by atoms with Crippen molar-refractivity contribution in [1.29, 1.82) is 5.26 Å². The number of nitrogens with zero attached hydrogens (tertiary/aromatic N) is 1. The number of hydrogen-bond donors (Lipinski definition) is 0. The average Bonchev–Trinajstić information content (AvgIpc) is 2.42. The van der Waals surface area contributed by atoms with E-state index in [-0.39, 0.29) is 0 Å². The van der Waals surface area contributed by atoms with Gasteiger partial charge in [-0.3, -0.25) is 0 Å². The molecule has 1 heteroatoms. The predicted octanol–water partition coefficient (Wildman–Crippen LogP) is 5.50. The minimum absolute atomic E-state index is 0.533. The fourth-order valence-corrected chi connectivity index (χ4v) is 2.75. The van der Waals surface area contributed by atoms with Gasteiger partial charge in [0.15, 0.2) is 0 Å². The van der Waals surface area contributed by atoms with E-state index >= 15 is 0 Å². The second-order valence-corrected chi connectivity index (χ2v) is 5.13. The summed E-state index contributed by atoms with van der Waals surface area (Å²) in [7, 11) is 0. The molecule has 0 radical (unpaired) electrons. The minimum atomic E-state index is 0.533. The van der Waals surface area contributed by atoms with Crippen molar-refractivity contribution in [1.82, 2.24) is 0 Å². The van der Waals surface area contributed by atoms with Crippen molar-refractivity contribution in [3.63, 3.8) is 0 Å². The summed E-state index contributed by atoms with van der Waals surface area (Å²) in [5.74, 6) is 0.533. The summed E-state index contributed by atoms with van der Waals surface area (Å²) in [5.41, 5.74) is 3.42. The molecule has 0 saturated carbocycles. The van der Waals surface area contributed by atoms with Crippen molar-refractivity contribution < 1.29 is 0 Å². The molecule has 1 aromatic carbocycles. The first-order valence-electron chi connectivity index (χ1n) is 7.35. The lowest BCUT2D eigenvalue weighted by molar-refractivity contribution is 0.545. The largest absolute Gasteiger partial charge is 0.192 e. The Hall–Kier alpha value is -1.55. The Labute approximate surface area is 118 Å². The molecule has 0 fully saturated rings. The molecule has 1 aromatic rings. The van der Waals surface area contributed by atoms with Crippen molar-refractivity contribution in [2.75, 3.05) is 0 Å². The first kappa shape index (κ1) is 15.5. The van der Waals surface area contributed by atoms with Crippen LogP contribution in [0.25, 0.3) is 0 Å². The van der Waals surface area contributed by atoms with Crippen LogP contribution < -0.4 is 0 Å². The summed E-state index contributed by atoms with van der Waals surface area (Å²) in [5, 5.41) is 9.31. The highest BCUT2D eigenvalue weighted by atomic mass is 14.3. The zero-order valence-electron chi connectivity index (χ0n) is 12.4. The molecule has 0 saturated heterocycles. The lowest BCUT2D eigenvalue weighted by Crippen LogP contribution is -2.04. The van der Waals surface area contributed by atoms with Gasteiger partial charge in [0.1, 0.15) is 0 Å². The van der Waals surface area contributed by atoms with Gasteiger partial charge in [0.05, 0.1) is 11.6 Å². The van der Waals surface area contributed by atoms with Crippen LogP contribution in [-0.4, -0.2) is 0 Å². The van der Waals surface area contributed by atoms with Crippen LogP contribution in [0, 0.1) is 18.3 Å². The SMILES string of the molecule is C/C=C/CCCC(CCC)c1c(C)cccc1C#N. The van der Waals surface area contributed by atoms with Gasteiger partial charge in [0, 0.05) is 0 Å². The van der Waals surface area contributed by atoms with Crippen LogP contribution in [0.2, 0.25) is 0 Å². The van der Waals surface area contributed by atoms with E-state index < -0.39 is 0 Å². The first-order chi connectivity index (χ1) is 9.24. The van der Waals surface area contributed by atoms with Gasteiger partial charge in [-0.25, -0.2) is 0 Å². The molecule has 1 nitrogen and oxygen atoms in total. The molecule has 0 bridgehead atoms. The minimum Gasteiger partial charge on any atom is -0.192 e. The molecule has 1 unspecified atom stereocenters. The highest BCUT2D eigenvalue weighted by Crippen LogP contribution is 2.31. The van der Waals surface area contributed by atoms with E-state index in [0.29, 0.717) is 5.92 Å². The molecule has 0 amide bonds. The molecule has 0 heterocycles. The fourth-order valence-electron chi connectivity index (χ4n) is 2.75. The van der Waals surface area contributed by atoms with E-state index in [1.54, 1.807) is 0 Å². The van der Waals surface area contributed by atoms with Crippen molar-refractivity contribution >= 4 is 0 Å². The van der Waals surface area contributed by atoms with Crippen LogP contribution in [0.15, 0.2) is 30.4 Å². The maximum atomic E-state index is 9.31. The summed E-state index contributed by atoms with van der Waals surface area (Å²) in [4.78, 5) is 0. The molecule has 0 aliphatic heterocycles. The Kier molecular flexibility index (Phi) is 6.97. The molecular formula is C18H25N. The number of nitriles is 1. The predicted molar refractivity (Wildman–Crippen MR) is 82.2 cm³/mol. The van der Waals surface area contributed by atoms with Gasteiger partial charge in [-0.15, -0.1) is 0 Å². The van der Waals surface area contributed by atoms with Gasteiger partial charge in [0.25, 0.3) is 0 Å². The number of hydrogen-bond acceptors (Lipinski definition) is 1. The molecule has 0 aliphatic carbocycles. The van der Waals surface area contributed by atoms with Crippen LogP contribution in [0.1, 0.15) is 68.6 Å². The third-order valence-electron chi connectivity index (χ3n) is 3.65. The molecule has 0 N–H and O–H groups in total. The third-order valence-corrected chi connectivity index (χ3v) is 3.65. The molecule has 1 atom stereocenters. The van der Waals surface area contributed by atoms with Gasteiger partial charge in [-0.1, -0.05) is 37.6 Å². The Balaban J connectivity index is 2.89. The van der Waals surface area contributed by atoms with E-state index in [1.165, 1.54) is 36.8 Å². The zero-order chi connectivity index (χ0) is 14.1. The maximum absolute atomic E-state index is 9.31. The number of aryl methyl sites for hydroxylation is 1. The Morgan fingerprint density at radius 1 is 1.32 bits per heavy atom. The molecule has 102 valence electrons. The second kappa shape index (κ2) is 8.53. The van der Waals surface area contributed by atoms with Gasteiger partial charge < -0.3 is 0 Å². The summed E-state index contributed by atoms with van der Waals surface area (Å²) >= 11 is 0. The Morgan fingerprint density at radius 3 is 2.74 bits per heavy atom. The van der Waals surface area contributed by atoms with Crippen LogP contribution >= 0.6 is 0 Å².